The summed E-state index contributed by atoms with van der Waals surface area (Å²) in [6, 6.07) is 32.0. The molecule has 0 spiro atoms. The molecule has 1 atom stereocenters. The van der Waals surface area contributed by atoms with E-state index in [1.165, 1.54) is 0 Å². The van der Waals surface area contributed by atoms with Gasteiger partial charge in [0.25, 0.3) is 0 Å². The molecule has 0 bridgehead atoms. The van der Waals surface area contributed by atoms with Gasteiger partial charge in [-0.3, -0.25) is 9.59 Å². The van der Waals surface area contributed by atoms with Gasteiger partial charge in [0.1, 0.15) is 6.04 Å². The van der Waals surface area contributed by atoms with Crippen LogP contribution in [0.2, 0.25) is 5.02 Å². The average Bonchev–Trinajstić information content (AvgIpc) is 3.46. The monoisotopic (exact) mass is 554 g/mol. The Bertz CT molecular complexity index is 1430. The van der Waals surface area contributed by atoms with Gasteiger partial charge in [0.15, 0.2) is 11.5 Å². The first-order valence-corrected chi connectivity index (χ1v) is 13.7. The van der Waals surface area contributed by atoms with Crippen molar-refractivity contribution in [3.05, 3.63) is 130 Å². The molecule has 2 amide bonds. The SMILES string of the molecule is O=C(NCc1ccc2c(c1)OCO2)[C@@H](Cc1ccccc1)N(Cc1ccc(Cl)cc1)C(=O)CCc1ccccc1. The summed E-state index contributed by atoms with van der Waals surface area (Å²) >= 11 is 6.12. The zero-order valence-electron chi connectivity index (χ0n) is 22.1. The molecule has 4 aromatic rings. The maximum absolute atomic E-state index is 13.8. The van der Waals surface area contributed by atoms with Crippen LogP contribution in [0.5, 0.6) is 11.5 Å². The van der Waals surface area contributed by atoms with Gasteiger partial charge in [-0.1, -0.05) is 90.5 Å². The summed E-state index contributed by atoms with van der Waals surface area (Å²) in [7, 11) is 0. The molecule has 1 aliphatic heterocycles. The van der Waals surface area contributed by atoms with Crippen molar-refractivity contribution in [2.24, 2.45) is 0 Å². The highest BCUT2D eigenvalue weighted by atomic mass is 35.5. The molecule has 0 aliphatic carbocycles. The molecular formula is C33H31ClN2O4. The van der Waals surface area contributed by atoms with Crippen molar-refractivity contribution < 1.29 is 19.1 Å². The number of nitrogens with one attached hydrogen (secondary N) is 1. The first kappa shape index (κ1) is 27.3. The molecule has 0 saturated heterocycles. The molecule has 1 aliphatic rings. The number of amides is 2. The molecule has 0 saturated carbocycles. The first-order chi connectivity index (χ1) is 19.5. The Morgan fingerprint density at radius 3 is 2.15 bits per heavy atom. The molecule has 40 heavy (non-hydrogen) atoms. The number of ether oxygens (including phenoxy) is 2. The number of rotatable bonds is 11. The van der Waals surface area contributed by atoms with Crippen molar-refractivity contribution in [2.75, 3.05) is 6.79 Å². The average molecular weight is 555 g/mol. The van der Waals surface area contributed by atoms with Gasteiger partial charge in [-0.05, 0) is 52.9 Å². The van der Waals surface area contributed by atoms with Crippen molar-refractivity contribution in [3.8, 4) is 11.5 Å². The molecule has 204 valence electrons. The number of halogens is 1. The summed E-state index contributed by atoms with van der Waals surface area (Å²) in [6.07, 6.45) is 1.27. The van der Waals surface area contributed by atoms with Crippen LogP contribution >= 0.6 is 11.6 Å². The standard InChI is InChI=1S/C33H31ClN2O4/c34-28-15-11-26(12-16-28)22-36(32(37)18-14-24-7-3-1-4-8-24)29(19-25-9-5-2-6-10-25)33(38)35-21-27-13-17-30-31(20-27)40-23-39-30/h1-13,15-17,20,29H,14,18-19,21-23H2,(H,35,38)/t29-/m1/s1. The highest BCUT2D eigenvalue weighted by Crippen LogP contribution is 2.32. The molecule has 0 fully saturated rings. The van der Waals surface area contributed by atoms with Gasteiger partial charge in [0.2, 0.25) is 18.6 Å². The van der Waals surface area contributed by atoms with E-state index in [1.807, 2.05) is 91.0 Å². The number of benzene rings is 4. The Kier molecular flexibility index (Phi) is 8.99. The quantitative estimate of drug-likeness (QED) is 0.248. The minimum atomic E-state index is -0.713. The minimum Gasteiger partial charge on any atom is -0.454 e. The summed E-state index contributed by atoms with van der Waals surface area (Å²) in [6.45, 7) is 0.780. The lowest BCUT2D eigenvalue weighted by molar-refractivity contribution is -0.141. The molecule has 0 aromatic heterocycles. The van der Waals surface area contributed by atoms with Crippen LogP contribution in [-0.2, 0) is 35.5 Å². The molecule has 6 nitrogen and oxygen atoms in total. The van der Waals surface area contributed by atoms with E-state index < -0.39 is 6.04 Å². The number of nitrogens with zero attached hydrogens (tertiary/aromatic N) is 1. The third-order valence-electron chi connectivity index (χ3n) is 6.91. The van der Waals surface area contributed by atoms with Crippen molar-refractivity contribution in [2.45, 2.75) is 38.4 Å². The zero-order valence-corrected chi connectivity index (χ0v) is 22.8. The van der Waals surface area contributed by atoms with Gasteiger partial charge >= 0.3 is 0 Å². The number of aryl methyl sites for hydroxylation is 1. The summed E-state index contributed by atoms with van der Waals surface area (Å²) < 4.78 is 10.9. The van der Waals surface area contributed by atoms with Crippen LogP contribution in [0.25, 0.3) is 0 Å². The van der Waals surface area contributed by atoms with E-state index in [0.717, 1.165) is 22.3 Å². The number of carbonyl (C=O) groups is 2. The molecule has 1 heterocycles. The second-order valence-electron chi connectivity index (χ2n) is 9.74. The second-order valence-corrected chi connectivity index (χ2v) is 10.2. The van der Waals surface area contributed by atoms with Gasteiger partial charge in [0.05, 0.1) is 0 Å². The van der Waals surface area contributed by atoms with Crippen LogP contribution in [0, 0.1) is 0 Å². The van der Waals surface area contributed by atoms with Crippen molar-refractivity contribution in [1.29, 1.82) is 0 Å². The van der Waals surface area contributed by atoms with E-state index in [0.29, 0.717) is 48.9 Å². The molecular weight excluding hydrogens is 524 g/mol. The number of hydrogen-bond acceptors (Lipinski definition) is 4. The fourth-order valence-electron chi connectivity index (χ4n) is 4.74. The normalized spacial score (nSPS) is 12.5. The number of fused-ring (bicyclic) bond motifs is 1. The van der Waals surface area contributed by atoms with Gasteiger partial charge in [-0.25, -0.2) is 0 Å². The molecule has 5 rings (SSSR count). The highest BCUT2D eigenvalue weighted by Gasteiger charge is 2.30. The summed E-state index contributed by atoms with van der Waals surface area (Å²) in [4.78, 5) is 29.4. The van der Waals surface area contributed by atoms with Gasteiger partial charge < -0.3 is 19.7 Å². The lowest BCUT2D eigenvalue weighted by atomic mass is 10.0. The predicted octanol–water partition coefficient (Wildman–Crippen LogP) is 5.96. The van der Waals surface area contributed by atoms with Crippen LogP contribution < -0.4 is 14.8 Å². The van der Waals surface area contributed by atoms with Crippen molar-refractivity contribution in [1.82, 2.24) is 10.2 Å². The number of hydrogen-bond donors (Lipinski definition) is 1. The fraction of sp³-hybridized carbons (Fsp3) is 0.212. The molecule has 0 radical (unpaired) electrons. The molecule has 1 N–H and O–H groups in total. The minimum absolute atomic E-state index is 0.0852. The Morgan fingerprint density at radius 2 is 1.43 bits per heavy atom. The lowest BCUT2D eigenvalue weighted by Gasteiger charge is -2.32. The van der Waals surface area contributed by atoms with Crippen molar-refractivity contribution >= 4 is 23.4 Å². The fourth-order valence-corrected chi connectivity index (χ4v) is 4.86. The van der Waals surface area contributed by atoms with Crippen LogP contribution in [0.15, 0.2) is 103 Å². The van der Waals surface area contributed by atoms with E-state index in [9.17, 15) is 9.59 Å². The smallest absolute Gasteiger partial charge is 0.243 e. The molecule has 0 unspecified atom stereocenters. The van der Waals surface area contributed by atoms with E-state index in [-0.39, 0.29) is 18.6 Å². The summed E-state index contributed by atoms with van der Waals surface area (Å²) in [5.74, 6) is 1.05. The van der Waals surface area contributed by atoms with E-state index in [4.69, 9.17) is 21.1 Å². The van der Waals surface area contributed by atoms with Gasteiger partial charge in [-0.15, -0.1) is 0 Å². The van der Waals surface area contributed by atoms with Crippen LogP contribution in [0.4, 0.5) is 0 Å². The van der Waals surface area contributed by atoms with E-state index in [2.05, 4.69) is 5.32 Å². The maximum Gasteiger partial charge on any atom is 0.243 e. The van der Waals surface area contributed by atoms with Crippen LogP contribution in [0.3, 0.4) is 0 Å². The van der Waals surface area contributed by atoms with E-state index >= 15 is 0 Å². The summed E-state index contributed by atoms with van der Waals surface area (Å²) in [5.41, 5.74) is 3.84. The summed E-state index contributed by atoms with van der Waals surface area (Å²) in [5, 5.41) is 3.68. The maximum atomic E-state index is 13.8. The topological polar surface area (TPSA) is 67.9 Å². The van der Waals surface area contributed by atoms with Crippen LogP contribution in [-0.4, -0.2) is 29.5 Å². The first-order valence-electron chi connectivity index (χ1n) is 13.3. The van der Waals surface area contributed by atoms with Crippen LogP contribution in [0.1, 0.15) is 28.7 Å². The highest BCUT2D eigenvalue weighted by molar-refractivity contribution is 6.30. The van der Waals surface area contributed by atoms with Gasteiger partial charge in [-0.2, -0.15) is 0 Å². The largest absolute Gasteiger partial charge is 0.454 e. The predicted molar refractivity (Wildman–Crippen MR) is 155 cm³/mol. The molecule has 4 aromatic carbocycles. The Balaban J connectivity index is 1.39. The van der Waals surface area contributed by atoms with Gasteiger partial charge in [0, 0.05) is 31.0 Å². The third kappa shape index (κ3) is 7.21. The van der Waals surface area contributed by atoms with E-state index in [1.54, 1.807) is 17.0 Å². The Labute approximate surface area is 239 Å². The Hall–Kier alpha value is -4.29. The Morgan fingerprint density at radius 1 is 0.775 bits per heavy atom. The second kappa shape index (κ2) is 13.2. The number of carbonyl (C=O) groups excluding carboxylic acids is 2. The molecule has 7 heteroatoms. The zero-order chi connectivity index (χ0) is 27.7. The van der Waals surface area contributed by atoms with Crippen molar-refractivity contribution in [3.63, 3.8) is 0 Å². The third-order valence-corrected chi connectivity index (χ3v) is 7.16. The lowest BCUT2D eigenvalue weighted by Crippen LogP contribution is -2.50.